The van der Waals surface area contributed by atoms with Gasteiger partial charge < -0.3 is 15.2 Å². The second-order valence-corrected chi connectivity index (χ2v) is 4.17. The lowest BCUT2D eigenvalue weighted by Gasteiger charge is -2.35. The van der Waals surface area contributed by atoms with Gasteiger partial charge in [-0.05, 0) is 19.5 Å². The maximum atomic E-state index is 5.81. The van der Waals surface area contributed by atoms with Gasteiger partial charge in [0, 0.05) is 18.9 Å². The van der Waals surface area contributed by atoms with Gasteiger partial charge in [-0.1, -0.05) is 17.7 Å². The Kier molecular flexibility index (Phi) is 2.67. The molecule has 82 valence electrons. The van der Waals surface area contributed by atoms with Gasteiger partial charge in [-0.15, -0.1) is 0 Å². The van der Waals surface area contributed by atoms with Crippen LogP contribution in [-0.2, 0) is 11.3 Å². The summed E-state index contributed by atoms with van der Waals surface area (Å²) in [6.45, 7) is 5.17. The molecule has 1 aromatic rings. The molecule has 15 heavy (non-hydrogen) atoms. The van der Waals surface area contributed by atoms with Crippen LogP contribution in [0.25, 0.3) is 0 Å². The van der Waals surface area contributed by atoms with Crippen molar-refractivity contribution in [2.24, 2.45) is 5.73 Å². The molecular weight excluding hydrogens is 190 g/mol. The highest BCUT2D eigenvalue weighted by Crippen LogP contribution is 2.33. The first-order valence-corrected chi connectivity index (χ1v) is 5.25. The summed E-state index contributed by atoms with van der Waals surface area (Å²) in [5, 5.41) is 0. The molecule has 3 nitrogen and oxygen atoms in total. The second kappa shape index (κ2) is 3.83. The molecular formula is C12H17NO2. The Morgan fingerprint density at radius 3 is 3.00 bits per heavy atom. The molecule has 1 aliphatic rings. The molecule has 0 fully saturated rings. The Labute approximate surface area is 90.2 Å². The molecule has 0 radical (unpaired) electrons. The fourth-order valence-electron chi connectivity index (χ4n) is 1.80. The lowest BCUT2D eigenvalue weighted by Crippen LogP contribution is -2.40. The molecule has 2 rings (SSSR count). The van der Waals surface area contributed by atoms with E-state index in [4.69, 9.17) is 15.2 Å². The van der Waals surface area contributed by atoms with Crippen LogP contribution in [0, 0.1) is 6.92 Å². The van der Waals surface area contributed by atoms with Crippen LogP contribution in [0.5, 0.6) is 5.75 Å². The molecule has 0 saturated heterocycles. The Bertz CT molecular complexity index is 365. The zero-order valence-electron chi connectivity index (χ0n) is 9.25. The van der Waals surface area contributed by atoms with E-state index in [-0.39, 0.29) is 0 Å². The minimum Gasteiger partial charge on any atom is -0.462 e. The van der Waals surface area contributed by atoms with Crippen molar-refractivity contribution < 1.29 is 9.47 Å². The van der Waals surface area contributed by atoms with Gasteiger partial charge in [0.1, 0.15) is 5.75 Å². The molecule has 0 aromatic heterocycles. The van der Waals surface area contributed by atoms with Crippen LogP contribution in [-0.4, -0.2) is 12.3 Å². The minimum atomic E-state index is -0.559. The summed E-state index contributed by atoms with van der Waals surface area (Å²) in [6.07, 6.45) is 0.709. The van der Waals surface area contributed by atoms with Crippen molar-refractivity contribution in [3.8, 4) is 5.75 Å². The largest absolute Gasteiger partial charge is 0.462 e. The van der Waals surface area contributed by atoms with Crippen molar-refractivity contribution >= 4 is 0 Å². The van der Waals surface area contributed by atoms with Crippen LogP contribution in [0.4, 0.5) is 0 Å². The normalized spacial score (nSPS) is 24.5. The molecule has 3 heteroatoms. The van der Waals surface area contributed by atoms with Crippen LogP contribution in [0.1, 0.15) is 24.5 Å². The van der Waals surface area contributed by atoms with Crippen molar-refractivity contribution in [3.05, 3.63) is 29.3 Å². The number of benzene rings is 1. The van der Waals surface area contributed by atoms with E-state index < -0.39 is 5.79 Å². The number of fused-ring (bicyclic) bond motifs is 1. The number of nitrogens with two attached hydrogens (primary N) is 1. The lowest BCUT2D eigenvalue weighted by molar-refractivity contribution is -0.195. The molecule has 0 spiro atoms. The van der Waals surface area contributed by atoms with Gasteiger partial charge in [-0.25, -0.2) is 0 Å². The molecule has 1 aromatic carbocycles. The Morgan fingerprint density at radius 2 is 2.27 bits per heavy atom. The first kappa shape index (κ1) is 10.5. The van der Waals surface area contributed by atoms with Crippen molar-refractivity contribution in [2.45, 2.75) is 32.7 Å². The van der Waals surface area contributed by atoms with E-state index in [0.717, 1.165) is 11.3 Å². The topological polar surface area (TPSA) is 44.5 Å². The lowest BCUT2D eigenvalue weighted by atomic mass is 10.1. The van der Waals surface area contributed by atoms with Gasteiger partial charge in [0.05, 0.1) is 6.61 Å². The second-order valence-electron chi connectivity index (χ2n) is 4.17. The van der Waals surface area contributed by atoms with E-state index >= 15 is 0 Å². The standard InChI is InChI=1S/C12H17NO2/c1-9-3-4-11-10(7-9)8-14-12(2,15-11)5-6-13/h3-4,7H,5-6,8,13H2,1-2H3. The fraction of sp³-hybridized carbons (Fsp3) is 0.500. The predicted molar refractivity (Wildman–Crippen MR) is 58.7 cm³/mol. The Morgan fingerprint density at radius 1 is 1.47 bits per heavy atom. The number of aryl methyl sites for hydroxylation is 1. The molecule has 1 heterocycles. The highest BCUT2D eigenvalue weighted by Gasteiger charge is 2.31. The Hall–Kier alpha value is -1.06. The fourth-order valence-corrected chi connectivity index (χ4v) is 1.80. The molecule has 1 unspecified atom stereocenters. The van der Waals surface area contributed by atoms with Gasteiger partial charge in [0.15, 0.2) is 0 Å². The summed E-state index contributed by atoms with van der Waals surface area (Å²) < 4.78 is 11.5. The summed E-state index contributed by atoms with van der Waals surface area (Å²) in [7, 11) is 0. The predicted octanol–water partition coefficient (Wildman–Crippen LogP) is 1.97. The number of hydrogen-bond donors (Lipinski definition) is 1. The third-order valence-electron chi connectivity index (χ3n) is 2.67. The average molecular weight is 207 g/mol. The van der Waals surface area contributed by atoms with E-state index in [0.29, 0.717) is 19.6 Å². The number of ether oxygens (including phenoxy) is 2. The van der Waals surface area contributed by atoms with Crippen LogP contribution in [0.3, 0.4) is 0 Å². The minimum absolute atomic E-state index is 0.559. The quantitative estimate of drug-likeness (QED) is 0.806. The van der Waals surface area contributed by atoms with Crippen molar-refractivity contribution in [3.63, 3.8) is 0 Å². The van der Waals surface area contributed by atoms with Gasteiger partial charge in [-0.2, -0.15) is 0 Å². The monoisotopic (exact) mass is 207 g/mol. The molecule has 0 bridgehead atoms. The number of hydrogen-bond acceptors (Lipinski definition) is 3. The summed E-state index contributed by atoms with van der Waals surface area (Å²) in [6, 6.07) is 6.15. The van der Waals surface area contributed by atoms with E-state index in [1.807, 2.05) is 19.1 Å². The van der Waals surface area contributed by atoms with E-state index in [1.165, 1.54) is 5.56 Å². The van der Waals surface area contributed by atoms with Gasteiger partial charge in [-0.3, -0.25) is 0 Å². The van der Waals surface area contributed by atoms with Gasteiger partial charge >= 0.3 is 0 Å². The molecule has 0 amide bonds. The summed E-state index contributed by atoms with van der Waals surface area (Å²) in [4.78, 5) is 0. The van der Waals surface area contributed by atoms with Gasteiger partial charge in [0.2, 0.25) is 5.79 Å². The van der Waals surface area contributed by atoms with Crippen molar-refractivity contribution in [2.75, 3.05) is 6.54 Å². The molecule has 1 aliphatic heterocycles. The van der Waals surface area contributed by atoms with Crippen LogP contribution >= 0.6 is 0 Å². The Balaban J connectivity index is 2.23. The SMILES string of the molecule is Cc1ccc2c(c1)COC(C)(CCN)O2. The van der Waals surface area contributed by atoms with Gasteiger partial charge in [0.25, 0.3) is 0 Å². The summed E-state index contributed by atoms with van der Waals surface area (Å²) >= 11 is 0. The highest BCUT2D eigenvalue weighted by molar-refractivity contribution is 5.37. The smallest absolute Gasteiger partial charge is 0.209 e. The third kappa shape index (κ3) is 2.13. The average Bonchev–Trinajstić information content (AvgIpc) is 2.19. The molecule has 0 aliphatic carbocycles. The van der Waals surface area contributed by atoms with E-state index in [9.17, 15) is 0 Å². The summed E-state index contributed by atoms with van der Waals surface area (Å²) in [5.74, 6) is 0.361. The third-order valence-corrected chi connectivity index (χ3v) is 2.67. The first-order chi connectivity index (χ1) is 7.13. The van der Waals surface area contributed by atoms with Crippen LogP contribution < -0.4 is 10.5 Å². The van der Waals surface area contributed by atoms with Crippen LogP contribution in [0.15, 0.2) is 18.2 Å². The van der Waals surface area contributed by atoms with Crippen molar-refractivity contribution in [1.82, 2.24) is 0 Å². The highest BCUT2D eigenvalue weighted by atomic mass is 16.7. The van der Waals surface area contributed by atoms with E-state index in [1.54, 1.807) is 0 Å². The number of rotatable bonds is 2. The zero-order valence-corrected chi connectivity index (χ0v) is 9.25. The molecule has 1 atom stereocenters. The first-order valence-electron chi connectivity index (χ1n) is 5.25. The summed E-state index contributed by atoms with van der Waals surface area (Å²) in [5.41, 5.74) is 7.87. The zero-order chi connectivity index (χ0) is 10.9. The maximum absolute atomic E-state index is 5.81. The van der Waals surface area contributed by atoms with Crippen molar-refractivity contribution in [1.29, 1.82) is 0 Å². The van der Waals surface area contributed by atoms with Crippen LogP contribution in [0.2, 0.25) is 0 Å². The molecule has 0 saturated carbocycles. The maximum Gasteiger partial charge on any atom is 0.209 e. The van der Waals surface area contributed by atoms with E-state index in [2.05, 4.69) is 13.0 Å². The molecule has 2 N–H and O–H groups in total.